The molecule has 0 atom stereocenters. The average molecular weight is 496 g/mol. The van der Waals surface area contributed by atoms with Crippen LogP contribution in [0, 0.1) is 17.1 Å². The van der Waals surface area contributed by atoms with Gasteiger partial charge in [-0.3, -0.25) is 4.79 Å². The molecule has 178 valence electrons. The number of hydrogen-bond donors (Lipinski definition) is 2. The zero-order valence-corrected chi connectivity index (χ0v) is 19.2. The third kappa shape index (κ3) is 6.56. The van der Waals surface area contributed by atoms with Crippen molar-refractivity contribution in [3.05, 3.63) is 93.3 Å². The number of nitrogens with zero attached hydrogens (tertiary/aromatic N) is 2. The summed E-state index contributed by atoms with van der Waals surface area (Å²) in [5, 5.41) is 22.0. The SMILES string of the molecule is CCOc1cc(/C=N\NC(=O)c2ccc(C#N)cc2F)cc(Cl)c1OCc1cccc(C(=O)O)c1. The molecule has 3 rings (SSSR count). The third-order valence-electron chi connectivity index (χ3n) is 4.61. The summed E-state index contributed by atoms with van der Waals surface area (Å²) in [6.07, 6.45) is 1.30. The van der Waals surface area contributed by atoms with Gasteiger partial charge in [0.1, 0.15) is 12.4 Å². The van der Waals surface area contributed by atoms with Crippen molar-refractivity contribution in [2.24, 2.45) is 5.10 Å². The summed E-state index contributed by atoms with van der Waals surface area (Å²) in [6.45, 7) is 2.15. The van der Waals surface area contributed by atoms with Crippen LogP contribution < -0.4 is 14.9 Å². The first-order chi connectivity index (χ1) is 16.8. The van der Waals surface area contributed by atoms with Gasteiger partial charge in [-0.05, 0) is 60.5 Å². The number of nitrogens with one attached hydrogen (secondary N) is 1. The predicted molar refractivity (Wildman–Crippen MR) is 127 cm³/mol. The zero-order chi connectivity index (χ0) is 25.4. The van der Waals surface area contributed by atoms with E-state index < -0.39 is 17.7 Å². The lowest BCUT2D eigenvalue weighted by atomic mass is 10.1. The van der Waals surface area contributed by atoms with Crippen LogP contribution in [0.3, 0.4) is 0 Å². The van der Waals surface area contributed by atoms with Crippen molar-refractivity contribution >= 4 is 29.7 Å². The Morgan fingerprint density at radius 2 is 2.00 bits per heavy atom. The van der Waals surface area contributed by atoms with Crippen molar-refractivity contribution in [3.8, 4) is 17.6 Å². The lowest BCUT2D eigenvalue weighted by molar-refractivity contribution is 0.0696. The van der Waals surface area contributed by atoms with Crippen LogP contribution in [-0.4, -0.2) is 29.8 Å². The van der Waals surface area contributed by atoms with E-state index in [1.54, 1.807) is 31.2 Å². The number of carbonyl (C=O) groups excluding carboxylic acids is 1. The second kappa shape index (κ2) is 11.6. The van der Waals surface area contributed by atoms with E-state index in [9.17, 15) is 14.0 Å². The minimum absolute atomic E-state index is 0.0561. The van der Waals surface area contributed by atoms with Crippen molar-refractivity contribution in [1.29, 1.82) is 5.26 Å². The number of carboxylic acids is 1. The quantitative estimate of drug-likeness (QED) is 0.325. The Hall–Kier alpha value is -4.42. The van der Waals surface area contributed by atoms with Gasteiger partial charge in [0, 0.05) is 0 Å². The number of nitriles is 1. The number of halogens is 2. The van der Waals surface area contributed by atoms with Crippen LogP contribution in [0.1, 0.15) is 44.3 Å². The molecule has 0 aliphatic rings. The number of rotatable bonds is 9. The minimum atomic E-state index is -1.04. The summed E-state index contributed by atoms with van der Waals surface area (Å²) in [6, 6.07) is 14.7. The number of carbonyl (C=O) groups is 2. The molecule has 0 saturated carbocycles. The van der Waals surface area contributed by atoms with Gasteiger partial charge in [0.25, 0.3) is 5.91 Å². The van der Waals surface area contributed by atoms with Gasteiger partial charge >= 0.3 is 5.97 Å². The number of hydrazone groups is 1. The second-order valence-corrected chi connectivity index (χ2v) is 7.47. The summed E-state index contributed by atoms with van der Waals surface area (Å²) >= 11 is 6.38. The molecule has 0 aromatic heterocycles. The van der Waals surface area contributed by atoms with Gasteiger partial charge in [-0.25, -0.2) is 14.6 Å². The van der Waals surface area contributed by atoms with Crippen LogP contribution in [0.2, 0.25) is 5.02 Å². The predicted octanol–water partition coefficient (Wildman–Crippen LogP) is 4.79. The standard InChI is InChI=1S/C25H19ClFN3O5/c1-2-34-22-11-17(13-29-30-24(31)19-7-6-15(12-28)10-21(19)27)9-20(26)23(22)35-14-16-4-3-5-18(8-16)25(32)33/h3-11,13H,2,14H2,1H3,(H,30,31)(H,32,33)/b29-13-. The number of aromatic carboxylic acids is 1. The van der Waals surface area contributed by atoms with Crippen LogP contribution in [0.4, 0.5) is 4.39 Å². The Bertz CT molecular complexity index is 1340. The van der Waals surface area contributed by atoms with Crippen molar-refractivity contribution in [1.82, 2.24) is 5.43 Å². The smallest absolute Gasteiger partial charge is 0.335 e. The van der Waals surface area contributed by atoms with Gasteiger partial charge in [-0.15, -0.1) is 0 Å². The fourth-order valence-corrected chi connectivity index (χ4v) is 3.28. The van der Waals surface area contributed by atoms with E-state index in [2.05, 4.69) is 10.5 Å². The molecule has 35 heavy (non-hydrogen) atoms. The average Bonchev–Trinajstić information content (AvgIpc) is 2.83. The normalized spacial score (nSPS) is 10.6. The van der Waals surface area contributed by atoms with E-state index in [0.717, 1.165) is 6.07 Å². The highest BCUT2D eigenvalue weighted by Crippen LogP contribution is 2.37. The maximum Gasteiger partial charge on any atom is 0.335 e. The summed E-state index contributed by atoms with van der Waals surface area (Å²) in [7, 11) is 0. The number of hydrogen-bond acceptors (Lipinski definition) is 6. The van der Waals surface area contributed by atoms with Crippen LogP contribution in [0.25, 0.3) is 0 Å². The number of amides is 1. The summed E-state index contributed by atoms with van der Waals surface area (Å²) < 4.78 is 25.4. The number of carboxylic acid groups (broad SMARTS) is 1. The van der Waals surface area contributed by atoms with Crippen LogP contribution in [0.15, 0.2) is 59.7 Å². The Kier molecular flexibility index (Phi) is 8.38. The van der Waals surface area contributed by atoms with Crippen molar-refractivity contribution < 1.29 is 28.6 Å². The van der Waals surface area contributed by atoms with Gasteiger partial charge in [0.15, 0.2) is 11.5 Å². The van der Waals surface area contributed by atoms with Crippen LogP contribution in [-0.2, 0) is 6.61 Å². The molecular formula is C25H19ClFN3O5. The largest absolute Gasteiger partial charge is 0.490 e. The molecular weight excluding hydrogens is 477 g/mol. The lowest BCUT2D eigenvalue weighted by Gasteiger charge is -2.14. The Balaban J connectivity index is 1.74. The lowest BCUT2D eigenvalue weighted by Crippen LogP contribution is -2.19. The number of ether oxygens (including phenoxy) is 2. The monoisotopic (exact) mass is 495 g/mol. The van der Waals surface area contributed by atoms with Gasteiger partial charge in [-0.2, -0.15) is 10.4 Å². The first kappa shape index (κ1) is 25.2. The molecule has 1 amide bonds. The molecule has 10 heteroatoms. The molecule has 0 bridgehead atoms. The molecule has 0 unspecified atom stereocenters. The molecule has 0 spiro atoms. The van der Waals surface area contributed by atoms with Crippen molar-refractivity contribution in [3.63, 3.8) is 0 Å². The highest BCUT2D eigenvalue weighted by molar-refractivity contribution is 6.32. The molecule has 0 heterocycles. The van der Waals surface area contributed by atoms with E-state index in [1.165, 1.54) is 36.5 Å². The van der Waals surface area contributed by atoms with Gasteiger partial charge < -0.3 is 14.6 Å². The molecule has 0 aliphatic carbocycles. The van der Waals surface area contributed by atoms with Crippen LogP contribution in [0.5, 0.6) is 11.5 Å². The Morgan fingerprint density at radius 1 is 1.20 bits per heavy atom. The fraction of sp³-hybridized carbons (Fsp3) is 0.120. The van der Waals surface area contributed by atoms with Gasteiger partial charge in [0.05, 0.1) is 40.6 Å². The van der Waals surface area contributed by atoms with E-state index >= 15 is 0 Å². The Labute approximate surface area is 205 Å². The minimum Gasteiger partial charge on any atom is -0.490 e. The van der Waals surface area contributed by atoms with E-state index in [-0.39, 0.29) is 34.1 Å². The fourth-order valence-electron chi connectivity index (χ4n) is 3.01. The molecule has 0 radical (unpaired) electrons. The number of benzene rings is 3. The highest BCUT2D eigenvalue weighted by Gasteiger charge is 2.14. The van der Waals surface area contributed by atoms with E-state index in [1.807, 2.05) is 0 Å². The van der Waals surface area contributed by atoms with Gasteiger partial charge in [0.2, 0.25) is 0 Å². The second-order valence-electron chi connectivity index (χ2n) is 7.06. The van der Waals surface area contributed by atoms with E-state index in [4.69, 9.17) is 31.4 Å². The molecule has 3 aromatic carbocycles. The van der Waals surface area contributed by atoms with Gasteiger partial charge in [-0.1, -0.05) is 23.7 Å². The van der Waals surface area contributed by atoms with Crippen LogP contribution >= 0.6 is 11.6 Å². The Morgan fingerprint density at radius 3 is 2.69 bits per heavy atom. The topological polar surface area (TPSA) is 121 Å². The highest BCUT2D eigenvalue weighted by atomic mass is 35.5. The van der Waals surface area contributed by atoms with E-state index in [0.29, 0.717) is 23.5 Å². The molecule has 2 N–H and O–H groups in total. The molecule has 0 fully saturated rings. The maximum absolute atomic E-state index is 14.0. The van der Waals surface area contributed by atoms with Crippen molar-refractivity contribution in [2.45, 2.75) is 13.5 Å². The summed E-state index contributed by atoms with van der Waals surface area (Å²) in [5.74, 6) is -2.09. The molecule has 0 saturated heterocycles. The molecule has 3 aromatic rings. The maximum atomic E-state index is 14.0. The molecule has 8 nitrogen and oxygen atoms in total. The third-order valence-corrected chi connectivity index (χ3v) is 4.89. The first-order valence-corrected chi connectivity index (χ1v) is 10.6. The zero-order valence-electron chi connectivity index (χ0n) is 18.4. The summed E-state index contributed by atoms with van der Waals surface area (Å²) in [4.78, 5) is 23.3. The van der Waals surface area contributed by atoms with Crippen molar-refractivity contribution in [2.75, 3.05) is 6.61 Å². The summed E-state index contributed by atoms with van der Waals surface area (Å²) in [5.41, 5.74) is 3.29. The molecule has 0 aliphatic heterocycles. The first-order valence-electron chi connectivity index (χ1n) is 10.3.